The number of ether oxygens (including phenoxy) is 3. The molecule has 1 fully saturated rings. The molecule has 0 radical (unpaired) electrons. The number of fused-ring (bicyclic) bond motifs is 1. The maximum Gasteiger partial charge on any atom is 0.387 e. The predicted molar refractivity (Wildman–Crippen MR) is 122 cm³/mol. The van der Waals surface area contributed by atoms with Crippen LogP contribution in [-0.4, -0.2) is 19.8 Å². The molecule has 0 aromatic heterocycles. The van der Waals surface area contributed by atoms with Crippen molar-refractivity contribution in [3.63, 3.8) is 0 Å². The van der Waals surface area contributed by atoms with Crippen molar-refractivity contribution in [1.29, 1.82) is 0 Å². The molecule has 0 atom stereocenters. The number of hydrogen-bond acceptors (Lipinski definition) is 3. The predicted octanol–water partition coefficient (Wildman–Crippen LogP) is 7.22. The Hall–Kier alpha value is -2.57. The van der Waals surface area contributed by atoms with Crippen molar-refractivity contribution in [3.8, 4) is 5.75 Å². The highest BCUT2D eigenvalue weighted by Crippen LogP contribution is 2.31. The lowest BCUT2D eigenvalue weighted by Crippen LogP contribution is -2.27. The SMILES string of the molecule is CCCCC1COC(c2ccc3c(F)c(CCc4ccc(OC(F)F)cc4)ccc3c2)OC1. The normalized spacial score (nSPS) is 18.7. The van der Waals surface area contributed by atoms with Gasteiger partial charge in [0.25, 0.3) is 0 Å². The minimum Gasteiger partial charge on any atom is -0.435 e. The monoisotopic (exact) mass is 458 g/mol. The van der Waals surface area contributed by atoms with Crippen LogP contribution in [0.5, 0.6) is 5.75 Å². The summed E-state index contributed by atoms with van der Waals surface area (Å²) in [7, 11) is 0. The van der Waals surface area contributed by atoms with E-state index < -0.39 is 12.9 Å². The highest BCUT2D eigenvalue weighted by molar-refractivity contribution is 5.84. The molecule has 0 saturated carbocycles. The Bertz CT molecular complexity index is 1040. The zero-order valence-electron chi connectivity index (χ0n) is 18.7. The van der Waals surface area contributed by atoms with Crippen molar-refractivity contribution in [2.24, 2.45) is 5.92 Å². The summed E-state index contributed by atoms with van der Waals surface area (Å²) in [6, 6.07) is 15.8. The molecule has 1 aliphatic heterocycles. The molecule has 0 spiro atoms. The summed E-state index contributed by atoms with van der Waals surface area (Å²) < 4.78 is 55.9. The molecule has 6 heteroatoms. The van der Waals surface area contributed by atoms with E-state index in [1.54, 1.807) is 24.3 Å². The van der Waals surface area contributed by atoms with Crippen LogP contribution in [-0.2, 0) is 22.3 Å². The van der Waals surface area contributed by atoms with Gasteiger partial charge in [-0.15, -0.1) is 0 Å². The molecule has 0 aliphatic carbocycles. The van der Waals surface area contributed by atoms with Gasteiger partial charge in [-0.1, -0.05) is 56.2 Å². The fourth-order valence-electron chi connectivity index (χ4n) is 4.21. The average Bonchev–Trinajstić information content (AvgIpc) is 2.83. The third-order valence-corrected chi connectivity index (χ3v) is 6.09. The van der Waals surface area contributed by atoms with Crippen LogP contribution in [0, 0.1) is 11.7 Å². The summed E-state index contributed by atoms with van der Waals surface area (Å²) in [5.41, 5.74) is 2.44. The summed E-state index contributed by atoms with van der Waals surface area (Å²) >= 11 is 0. The van der Waals surface area contributed by atoms with Crippen LogP contribution >= 0.6 is 0 Å². The summed E-state index contributed by atoms with van der Waals surface area (Å²) in [6.07, 6.45) is 4.15. The number of hydrogen-bond donors (Lipinski definition) is 0. The van der Waals surface area contributed by atoms with E-state index >= 15 is 4.39 Å². The van der Waals surface area contributed by atoms with Crippen LogP contribution in [0.15, 0.2) is 54.6 Å². The van der Waals surface area contributed by atoms with E-state index in [1.807, 2.05) is 18.2 Å². The molecule has 0 bridgehead atoms. The molecule has 0 N–H and O–H groups in total. The minimum atomic E-state index is -2.85. The Morgan fingerprint density at radius 3 is 2.42 bits per heavy atom. The molecule has 3 nitrogen and oxygen atoms in total. The van der Waals surface area contributed by atoms with Gasteiger partial charge in [0.05, 0.1) is 13.2 Å². The van der Waals surface area contributed by atoms with Gasteiger partial charge >= 0.3 is 6.61 Å². The smallest absolute Gasteiger partial charge is 0.387 e. The van der Waals surface area contributed by atoms with E-state index in [1.165, 1.54) is 25.0 Å². The van der Waals surface area contributed by atoms with E-state index in [0.29, 0.717) is 42.9 Å². The van der Waals surface area contributed by atoms with Gasteiger partial charge in [0.2, 0.25) is 0 Å². The van der Waals surface area contributed by atoms with Gasteiger partial charge < -0.3 is 14.2 Å². The standard InChI is InChI=1S/C27H29F3O3/c1-2-3-4-19-16-31-26(32-17-19)22-11-14-24-21(15-22)10-9-20(25(24)28)8-5-18-6-12-23(13-7-18)33-27(29)30/h6-7,9-15,19,26-27H,2-5,8,16-17H2,1H3. The number of unbranched alkanes of at least 4 members (excludes halogenated alkanes) is 1. The number of benzene rings is 3. The van der Waals surface area contributed by atoms with Gasteiger partial charge in [-0.05, 0) is 54.0 Å². The van der Waals surface area contributed by atoms with Crippen molar-refractivity contribution in [2.75, 3.05) is 13.2 Å². The first-order valence-electron chi connectivity index (χ1n) is 11.5. The van der Waals surface area contributed by atoms with Gasteiger partial charge in [0.1, 0.15) is 11.6 Å². The molecule has 33 heavy (non-hydrogen) atoms. The van der Waals surface area contributed by atoms with Crippen molar-refractivity contribution in [3.05, 3.63) is 77.1 Å². The van der Waals surface area contributed by atoms with Gasteiger partial charge in [-0.2, -0.15) is 8.78 Å². The van der Waals surface area contributed by atoms with Crippen LogP contribution in [0.4, 0.5) is 13.2 Å². The van der Waals surface area contributed by atoms with E-state index in [9.17, 15) is 8.78 Å². The second-order valence-corrected chi connectivity index (χ2v) is 8.55. The molecule has 1 aliphatic rings. The molecule has 4 rings (SSSR count). The Morgan fingerprint density at radius 1 is 0.970 bits per heavy atom. The van der Waals surface area contributed by atoms with Crippen LogP contribution in [0.2, 0.25) is 0 Å². The third kappa shape index (κ3) is 6.06. The first-order valence-corrected chi connectivity index (χ1v) is 11.5. The van der Waals surface area contributed by atoms with Gasteiger partial charge in [0.15, 0.2) is 6.29 Å². The molecule has 1 heterocycles. The van der Waals surface area contributed by atoms with Gasteiger partial charge in [0, 0.05) is 16.9 Å². The quantitative estimate of drug-likeness (QED) is 0.339. The fourth-order valence-corrected chi connectivity index (χ4v) is 4.21. The van der Waals surface area contributed by atoms with Gasteiger partial charge in [-0.3, -0.25) is 0 Å². The lowest BCUT2D eigenvalue weighted by atomic mass is 9.98. The van der Waals surface area contributed by atoms with Crippen molar-refractivity contribution in [1.82, 2.24) is 0 Å². The number of aryl methyl sites for hydroxylation is 2. The van der Waals surface area contributed by atoms with E-state index in [-0.39, 0.29) is 11.6 Å². The number of rotatable bonds is 9. The zero-order valence-corrected chi connectivity index (χ0v) is 18.7. The highest BCUT2D eigenvalue weighted by atomic mass is 19.3. The van der Waals surface area contributed by atoms with Crippen LogP contribution < -0.4 is 4.74 Å². The Kier molecular flexibility index (Phi) is 7.89. The maximum atomic E-state index is 15.2. The molecular weight excluding hydrogens is 429 g/mol. The lowest BCUT2D eigenvalue weighted by molar-refractivity contribution is -0.206. The second kappa shape index (κ2) is 11.0. The summed E-state index contributed by atoms with van der Waals surface area (Å²) in [6.45, 7) is 0.705. The first-order chi connectivity index (χ1) is 16.0. The van der Waals surface area contributed by atoms with Gasteiger partial charge in [-0.25, -0.2) is 4.39 Å². The fraction of sp³-hybridized carbons (Fsp3) is 0.407. The van der Waals surface area contributed by atoms with E-state index in [4.69, 9.17) is 9.47 Å². The highest BCUT2D eigenvalue weighted by Gasteiger charge is 2.23. The largest absolute Gasteiger partial charge is 0.435 e. The summed E-state index contributed by atoms with van der Waals surface area (Å²) in [4.78, 5) is 0. The van der Waals surface area contributed by atoms with E-state index in [0.717, 1.165) is 22.9 Å². The van der Waals surface area contributed by atoms with Crippen LogP contribution in [0.25, 0.3) is 10.8 Å². The summed E-state index contributed by atoms with van der Waals surface area (Å²) in [5.74, 6) is 0.320. The Labute approximate surface area is 192 Å². The number of alkyl halides is 2. The molecule has 3 aromatic carbocycles. The van der Waals surface area contributed by atoms with Crippen LogP contribution in [0.1, 0.15) is 49.2 Å². The lowest BCUT2D eigenvalue weighted by Gasteiger charge is -2.29. The Balaban J connectivity index is 1.40. The third-order valence-electron chi connectivity index (χ3n) is 6.09. The molecular formula is C27H29F3O3. The zero-order chi connectivity index (χ0) is 23.2. The summed E-state index contributed by atoms with van der Waals surface area (Å²) in [5, 5.41) is 1.37. The minimum absolute atomic E-state index is 0.115. The number of halogens is 3. The van der Waals surface area contributed by atoms with Crippen molar-refractivity contribution in [2.45, 2.75) is 51.9 Å². The van der Waals surface area contributed by atoms with Crippen LogP contribution in [0.3, 0.4) is 0 Å². The molecule has 0 amide bonds. The molecule has 1 saturated heterocycles. The molecule has 0 unspecified atom stereocenters. The molecule has 3 aromatic rings. The average molecular weight is 459 g/mol. The van der Waals surface area contributed by atoms with Crippen molar-refractivity contribution >= 4 is 10.8 Å². The first kappa shape index (κ1) is 23.6. The van der Waals surface area contributed by atoms with E-state index in [2.05, 4.69) is 11.7 Å². The van der Waals surface area contributed by atoms with Crippen molar-refractivity contribution < 1.29 is 27.4 Å². The second-order valence-electron chi connectivity index (χ2n) is 8.55. The Morgan fingerprint density at radius 2 is 1.73 bits per heavy atom. The molecule has 176 valence electrons. The topological polar surface area (TPSA) is 27.7 Å². The maximum absolute atomic E-state index is 15.2.